The van der Waals surface area contributed by atoms with Crippen LogP contribution in [0.1, 0.15) is 54.0 Å². The molecule has 0 radical (unpaired) electrons. The number of hydrogen-bond donors (Lipinski definition) is 1. The van der Waals surface area contributed by atoms with Gasteiger partial charge in [0.15, 0.2) is 11.6 Å². The van der Waals surface area contributed by atoms with E-state index in [0.29, 0.717) is 5.69 Å². The van der Waals surface area contributed by atoms with Gasteiger partial charge < -0.3 is 10.2 Å². The van der Waals surface area contributed by atoms with Crippen LogP contribution >= 0.6 is 0 Å². The molecule has 4 atom stereocenters. The van der Waals surface area contributed by atoms with Gasteiger partial charge in [-0.15, -0.1) is 0 Å². The zero-order valence-corrected chi connectivity index (χ0v) is 20.4. The van der Waals surface area contributed by atoms with E-state index < -0.39 is 28.8 Å². The number of nitrogens with zero attached hydrogens (tertiary/aromatic N) is 2. The minimum atomic E-state index is -1.31. The van der Waals surface area contributed by atoms with Crippen LogP contribution in [0.15, 0.2) is 79.1 Å². The van der Waals surface area contributed by atoms with Crippen LogP contribution in [0.2, 0.25) is 0 Å². The zero-order valence-electron chi connectivity index (χ0n) is 20.4. The Balaban J connectivity index is 1.70. The molecule has 0 aliphatic carbocycles. The summed E-state index contributed by atoms with van der Waals surface area (Å²) in [5, 5.41) is 3.05. The summed E-state index contributed by atoms with van der Waals surface area (Å²) in [5.41, 5.74) is 1.53. The number of pyridine rings is 1. The molecule has 36 heavy (non-hydrogen) atoms. The molecule has 1 spiro atoms. The molecule has 180 valence electrons. The number of rotatable bonds is 3. The fourth-order valence-electron chi connectivity index (χ4n) is 6.28. The van der Waals surface area contributed by atoms with Gasteiger partial charge in [-0.05, 0) is 41.0 Å². The van der Waals surface area contributed by atoms with Gasteiger partial charge in [0.1, 0.15) is 11.1 Å². The standard InChI is InChI=1S/C30H27N3O3/c1-29(2,3)27(35)24-23(25(34)22-14-8-9-16-31-22)30(20-12-6-7-13-21(20)32-28(30)36)26-19-11-5-4-10-18(19)15-17-33(24)26/h4-17,23-24,26H,1-3H3,(H,32,36)/t23-,24-,26+,30+/m0/s1. The Morgan fingerprint density at radius 1 is 0.972 bits per heavy atom. The smallest absolute Gasteiger partial charge is 0.238 e. The first kappa shape index (κ1) is 22.4. The molecule has 1 saturated heterocycles. The third-order valence-corrected chi connectivity index (χ3v) is 7.78. The normalized spacial score (nSPS) is 25.8. The van der Waals surface area contributed by atoms with Crippen LogP contribution in [0.5, 0.6) is 0 Å². The molecular formula is C30H27N3O3. The molecule has 1 fully saturated rings. The number of anilines is 1. The van der Waals surface area contributed by atoms with Crippen molar-refractivity contribution in [3.05, 3.63) is 102 Å². The monoisotopic (exact) mass is 477 g/mol. The molecule has 1 amide bonds. The topological polar surface area (TPSA) is 79.4 Å². The molecular weight excluding hydrogens is 450 g/mol. The highest BCUT2D eigenvalue weighted by molar-refractivity contribution is 6.15. The summed E-state index contributed by atoms with van der Waals surface area (Å²) >= 11 is 0. The molecule has 1 aromatic heterocycles. The molecule has 6 rings (SSSR count). The summed E-state index contributed by atoms with van der Waals surface area (Å²) in [6.07, 6.45) is 5.43. The van der Waals surface area contributed by atoms with E-state index in [2.05, 4.69) is 10.3 Å². The lowest BCUT2D eigenvalue weighted by atomic mass is 9.62. The van der Waals surface area contributed by atoms with Crippen molar-refractivity contribution in [1.29, 1.82) is 0 Å². The van der Waals surface area contributed by atoms with E-state index in [1.165, 1.54) is 0 Å². The van der Waals surface area contributed by atoms with Gasteiger partial charge in [0.2, 0.25) is 5.91 Å². The summed E-state index contributed by atoms with van der Waals surface area (Å²) in [6.45, 7) is 5.59. The minimum absolute atomic E-state index is 0.0835. The van der Waals surface area contributed by atoms with Crippen molar-refractivity contribution in [2.45, 2.75) is 38.3 Å². The van der Waals surface area contributed by atoms with E-state index in [9.17, 15) is 14.4 Å². The molecule has 4 heterocycles. The molecule has 0 unspecified atom stereocenters. The van der Waals surface area contributed by atoms with Crippen LogP contribution in [0, 0.1) is 11.3 Å². The number of benzene rings is 2. The number of carbonyl (C=O) groups is 3. The van der Waals surface area contributed by atoms with E-state index in [0.717, 1.165) is 16.7 Å². The third-order valence-electron chi connectivity index (χ3n) is 7.78. The summed E-state index contributed by atoms with van der Waals surface area (Å²) in [4.78, 5) is 49.1. The maximum atomic E-state index is 14.4. The number of para-hydroxylation sites is 1. The van der Waals surface area contributed by atoms with Gasteiger partial charge >= 0.3 is 0 Å². The molecule has 2 aromatic carbocycles. The second-order valence-electron chi connectivity index (χ2n) is 10.8. The van der Waals surface area contributed by atoms with E-state index in [1.54, 1.807) is 24.4 Å². The number of aromatic nitrogens is 1. The van der Waals surface area contributed by atoms with E-state index in [1.807, 2.05) is 86.5 Å². The maximum absolute atomic E-state index is 14.4. The first-order valence-corrected chi connectivity index (χ1v) is 12.2. The average Bonchev–Trinajstić information content (AvgIpc) is 3.35. The Hall–Kier alpha value is -4.06. The Morgan fingerprint density at radius 3 is 2.44 bits per heavy atom. The van der Waals surface area contributed by atoms with Crippen molar-refractivity contribution in [3.8, 4) is 0 Å². The van der Waals surface area contributed by atoms with E-state index in [-0.39, 0.29) is 23.2 Å². The summed E-state index contributed by atoms with van der Waals surface area (Å²) < 4.78 is 0. The molecule has 6 heteroatoms. The molecule has 1 N–H and O–H groups in total. The first-order valence-electron chi connectivity index (χ1n) is 12.2. The SMILES string of the molecule is CC(C)(C)C(=O)[C@@H]1[C@@H](C(=O)c2ccccn2)[C@@]2(C(=O)Nc3ccccc32)[C@H]2c3ccccc3C=CN12. The number of carbonyl (C=O) groups excluding carboxylic acids is 3. The third kappa shape index (κ3) is 2.90. The van der Waals surface area contributed by atoms with Crippen LogP contribution in [-0.2, 0) is 15.0 Å². The van der Waals surface area contributed by atoms with Gasteiger partial charge in [-0.2, -0.15) is 0 Å². The zero-order chi connectivity index (χ0) is 25.2. The van der Waals surface area contributed by atoms with Gasteiger partial charge in [0.25, 0.3) is 0 Å². The van der Waals surface area contributed by atoms with Crippen molar-refractivity contribution in [2.75, 3.05) is 5.32 Å². The molecule has 0 saturated carbocycles. The summed E-state index contributed by atoms with van der Waals surface area (Å²) in [7, 11) is 0. The Kier molecular flexibility index (Phi) is 4.80. The predicted molar refractivity (Wildman–Crippen MR) is 137 cm³/mol. The summed E-state index contributed by atoms with van der Waals surface area (Å²) in [5.74, 6) is -1.61. The highest BCUT2D eigenvalue weighted by Gasteiger charge is 2.71. The number of Topliss-reactive ketones (excluding diaryl/α,β-unsaturated/α-hetero) is 2. The van der Waals surface area contributed by atoms with Crippen LogP contribution in [0.3, 0.4) is 0 Å². The van der Waals surface area contributed by atoms with Crippen LogP contribution < -0.4 is 5.32 Å². The minimum Gasteiger partial charge on any atom is -0.358 e. The van der Waals surface area contributed by atoms with E-state index in [4.69, 9.17) is 0 Å². The molecule has 6 nitrogen and oxygen atoms in total. The van der Waals surface area contributed by atoms with Crippen molar-refractivity contribution in [2.24, 2.45) is 11.3 Å². The molecule has 3 aromatic rings. The van der Waals surface area contributed by atoms with Gasteiger partial charge in [0.05, 0.1) is 18.0 Å². The lowest BCUT2D eigenvalue weighted by Gasteiger charge is -2.38. The quantitative estimate of drug-likeness (QED) is 0.549. The Labute approximate surface area is 210 Å². The second-order valence-corrected chi connectivity index (χ2v) is 10.8. The highest BCUT2D eigenvalue weighted by atomic mass is 16.2. The molecule has 3 aliphatic heterocycles. The Bertz CT molecular complexity index is 1440. The number of hydrogen-bond acceptors (Lipinski definition) is 5. The van der Waals surface area contributed by atoms with E-state index >= 15 is 0 Å². The predicted octanol–water partition coefficient (Wildman–Crippen LogP) is 4.80. The van der Waals surface area contributed by atoms with Gasteiger partial charge in [-0.3, -0.25) is 19.4 Å². The van der Waals surface area contributed by atoms with Gasteiger partial charge in [-0.1, -0.05) is 69.3 Å². The van der Waals surface area contributed by atoms with Crippen molar-refractivity contribution >= 4 is 29.2 Å². The van der Waals surface area contributed by atoms with Gasteiger partial charge in [0, 0.05) is 23.5 Å². The van der Waals surface area contributed by atoms with Crippen molar-refractivity contribution in [1.82, 2.24) is 9.88 Å². The fraction of sp³-hybridized carbons (Fsp3) is 0.267. The van der Waals surface area contributed by atoms with Crippen LogP contribution in [0.25, 0.3) is 6.08 Å². The molecule has 3 aliphatic rings. The maximum Gasteiger partial charge on any atom is 0.238 e. The summed E-state index contributed by atoms with van der Waals surface area (Å²) in [6, 6.07) is 19.2. The first-order chi connectivity index (χ1) is 17.3. The lowest BCUT2D eigenvalue weighted by molar-refractivity contribution is -0.131. The van der Waals surface area contributed by atoms with Crippen molar-refractivity contribution < 1.29 is 14.4 Å². The largest absolute Gasteiger partial charge is 0.358 e. The van der Waals surface area contributed by atoms with Crippen LogP contribution in [-0.4, -0.2) is 33.4 Å². The fourth-order valence-corrected chi connectivity index (χ4v) is 6.28. The van der Waals surface area contributed by atoms with Crippen LogP contribution in [0.4, 0.5) is 5.69 Å². The second kappa shape index (κ2) is 7.72. The molecule has 0 bridgehead atoms. The lowest BCUT2D eigenvalue weighted by Crippen LogP contribution is -2.50. The number of amides is 1. The number of fused-ring (bicyclic) bond motifs is 6. The number of nitrogens with one attached hydrogen (secondary N) is 1. The van der Waals surface area contributed by atoms with Gasteiger partial charge in [-0.25, -0.2) is 0 Å². The van der Waals surface area contributed by atoms with Crippen molar-refractivity contribution in [3.63, 3.8) is 0 Å². The number of ketones is 2. The Morgan fingerprint density at radius 2 is 1.69 bits per heavy atom. The average molecular weight is 478 g/mol. The highest BCUT2D eigenvalue weighted by Crippen LogP contribution is 2.62.